The minimum Gasteiger partial charge on any atom is -0.374 e. The fraction of sp³-hybridized carbons (Fsp3) is 1.00. The molecule has 0 aromatic heterocycles. The van der Waals surface area contributed by atoms with Crippen LogP contribution in [-0.2, 0) is 39.8 Å². The van der Waals surface area contributed by atoms with Gasteiger partial charge in [0, 0.05) is 76.1 Å². The molecule has 0 radical (unpaired) electrons. The maximum Gasteiger partial charge on any atom is 0.504 e. The summed E-state index contributed by atoms with van der Waals surface area (Å²) in [5.41, 5.74) is 0.0489. The standard InChI is InChI=1S/C24H54O9Si3/c1-10-25-34(26-11-2,27-12-3)22-19-23(35(28-13-4,29-14-5)30-15-6)21-24(20-22)36(31-16-7,32-17-8)33-18-9/h22-24H,10-21H2,1-9H3. The Morgan fingerprint density at radius 3 is 0.583 bits per heavy atom. The molecule has 216 valence electrons. The Morgan fingerprint density at radius 1 is 0.333 bits per heavy atom. The molecular weight excluding hydrogens is 517 g/mol. The first-order valence-electron chi connectivity index (χ1n) is 14.1. The maximum atomic E-state index is 6.41. The van der Waals surface area contributed by atoms with Gasteiger partial charge in [-0.2, -0.15) is 0 Å². The van der Waals surface area contributed by atoms with Crippen molar-refractivity contribution in [3.8, 4) is 0 Å². The summed E-state index contributed by atoms with van der Waals surface area (Å²) >= 11 is 0. The Labute approximate surface area is 223 Å². The summed E-state index contributed by atoms with van der Waals surface area (Å²) in [4.78, 5) is 0. The van der Waals surface area contributed by atoms with Crippen molar-refractivity contribution in [2.45, 2.75) is 98.2 Å². The highest BCUT2D eigenvalue weighted by molar-refractivity contribution is 6.66. The van der Waals surface area contributed by atoms with Gasteiger partial charge in [0.25, 0.3) is 0 Å². The van der Waals surface area contributed by atoms with Crippen LogP contribution in [0.15, 0.2) is 0 Å². The SMILES string of the molecule is CCO[Si](OCC)(OCC)C1CC([Si](OCC)(OCC)OCC)CC([Si](OCC)(OCC)OCC)C1. The molecule has 36 heavy (non-hydrogen) atoms. The molecule has 0 N–H and O–H groups in total. The third kappa shape index (κ3) is 8.65. The lowest BCUT2D eigenvalue weighted by Crippen LogP contribution is -2.59. The van der Waals surface area contributed by atoms with E-state index in [2.05, 4.69) is 0 Å². The zero-order valence-electron chi connectivity index (χ0n) is 24.4. The Morgan fingerprint density at radius 2 is 0.472 bits per heavy atom. The van der Waals surface area contributed by atoms with E-state index in [0.29, 0.717) is 59.5 Å². The van der Waals surface area contributed by atoms with Gasteiger partial charge in [0.05, 0.1) is 0 Å². The molecule has 0 unspecified atom stereocenters. The molecule has 0 atom stereocenters. The highest BCUT2D eigenvalue weighted by atomic mass is 28.4. The second-order valence-corrected chi connectivity index (χ2v) is 17.2. The van der Waals surface area contributed by atoms with Gasteiger partial charge in [-0.15, -0.1) is 0 Å². The number of rotatable bonds is 21. The van der Waals surface area contributed by atoms with Crippen molar-refractivity contribution in [2.24, 2.45) is 0 Å². The van der Waals surface area contributed by atoms with Gasteiger partial charge in [0.1, 0.15) is 0 Å². The third-order valence-electron chi connectivity index (χ3n) is 6.32. The lowest BCUT2D eigenvalue weighted by Gasteiger charge is -2.48. The Bertz CT molecular complexity index is 440. The topological polar surface area (TPSA) is 83.1 Å². The molecule has 0 aliphatic heterocycles. The molecule has 0 amide bonds. The van der Waals surface area contributed by atoms with E-state index in [1.54, 1.807) is 0 Å². The fourth-order valence-corrected chi connectivity index (χ4v) is 16.1. The third-order valence-corrected chi connectivity index (χ3v) is 17.0. The van der Waals surface area contributed by atoms with Crippen LogP contribution in [0.3, 0.4) is 0 Å². The minimum absolute atomic E-state index is 0.0163. The van der Waals surface area contributed by atoms with Crippen LogP contribution in [0.1, 0.15) is 81.6 Å². The van der Waals surface area contributed by atoms with Crippen LogP contribution < -0.4 is 0 Å². The maximum absolute atomic E-state index is 6.41. The second kappa shape index (κ2) is 17.8. The quantitative estimate of drug-likeness (QED) is 0.168. The lowest BCUT2D eigenvalue weighted by molar-refractivity contribution is 0.0292. The van der Waals surface area contributed by atoms with Crippen LogP contribution in [0.4, 0.5) is 0 Å². The molecule has 1 aliphatic carbocycles. The molecule has 0 aromatic rings. The zero-order chi connectivity index (χ0) is 27.1. The molecule has 0 heterocycles. The Balaban J connectivity index is 3.70. The molecule has 0 saturated heterocycles. The van der Waals surface area contributed by atoms with Gasteiger partial charge in [0.2, 0.25) is 0 Å². The van der Waals surface area contributed by atoms with E-state index in [0.717, 1.165) is 19.3 Å². The molecule has 1 fully saturated rings. The van der Waals surface area contributed by atoms with Crippen molar-refractivity contribution >= 4 is 26.4 Å². The van der Waals surface area contributed by atoms with Gasteiger partial charge >= 0.3 is 26.4 Å². The molecule has 9 nitrogen and oxygen atoms in total. The predicted octanol–water partition coefficient (Wildman–Crippen LogP) is 5.43. The highest BCUT2D eigenvalue weighted by Gasteiger charge is 2.63. The van der Waals surface area contributed by atoms with E-state index in [1.165, 1.54) is 0 Å². The van der Waals surface area contributed by atoms with Crippen molar-refractivity contribution in [1.82, 2.24) is 0 Å². The van der Waals surface area contributed by atoms with E-state index in [1.807, 2.05) is 62.3 Å². The van der Waals surface area contributed by atoms with Gasteiger partial charge in [-0.3, -0.25) is 0 Å². The predicted molar refractivity (Wildman–Crippen MR) is 147 cm³/mol. The Kier molecular flexibility index (Phi) is 17.0. The summed E-state index contributed by atoms with van der Waals surface area (Å²) in [5.74, 6) is 0. The first-order chi connectivity index (χ1) is 17.4. The Hall–Kier alpha value is 0.291. The van der Waals surface area contributed by atoms with E-state index < -0.39 is 26.4 Å². The normalized spacial score (nSPS) is 21.8. The van der Waals surface area contributed by atoms with Gasteiger partial charge in [0.15, 0.2) is 0 Å². The monoisotopic (exact) mass is 570 g/mol. The van der Waals surface area contributed by atoms with Gasteiger partial charge in [-0.25, -0.2) is 0 Å². The second-order valence-electron chi connectivity index (χ2n) is 8.51. The van der Waals surface area contributed by atoms with E-state index in [-0.39, 0.29) is 16.6 Å². The molecule has 0 aromatic carbocycles. The van der Waals surface area contributed by atoms with Gasteiger partial charge < -0.3 is 39.8 Å². The van der Waals surface area contributed by atoms with Gasteiger partial charge in [-0.05, 0) is 81.6 Å². The summed E-state index contributed by atoms with van der Waals surface area (Å²) in [7, 11) is -9.19. The average Bonchev–Trinajstić information content (AvgIpc) is 2.85. The van der Waals surface area contributed by atoms with Crippen LogP contribution in [-0.4, -0.2) is 85.9 Å². The first kappa shape index (κ1) is 34.3. The molecule has 0 bridgehead atoms. The minimum atomic E-state index is -3.06. The van der Waals surface area contributed by atoms with Crippen molar-refractivity contribution in [2.75, 3.05) is 59.5 Å². The summed E-state index contributed by atoms with van der Waals surface area (Å²) in [6.07, 6.45) is 2.34. The largest absolute Gasteiger partial charge is 0.504 e. The summed E-state index contributed by atoms with van der Waals surface area (Å²) in [5, 5.41) is 0. The summed E-state index contributed by atoms with van der Waals surface area (Å²) < 4.78 is 57.7. The molecule has 1 rings (SSSR count). The van der Waals surface area contributed by atoms with Crippen molar-refractivity contribution in [3.05, 3.63) is 0 Å². The highest BCUT2D eigenvalue weighted by Crippen LogP contribution is 2.55. The zero-order valence-corrected chi connectivity index (χ0v) is 27.4. The van der Waals surface area contributed by atoms with Crippen LogP contribution in [0.5, 0.6) is 0 Å². The molecule has 1 saturated carbocycles. The molecule has 1 aliphatic rings. The van der Waals surface area contributed by atoms with Crippen LogP contribution in [0.25, 0.3) is 0 Å². The van der Waals surface area contributed by atoms with Gasteiger partial charge in [-0.1, -0.05) is 0 Å². The fourth-order valence-electron chi connectivity index (χ4n) is 5.43. The molecule has 12 heteroatoms. The van der Waals surface area contributed by atoms with Crippen LogP contribution in [0, 0.1) is 0 Å². The first-order valence-corrected chi connectivity index (χ1v) is 19.5. The molecular formula is C24H54O9Si3. The number of hydrogen-bond donors (Lipinski definition) is 0. The van der Waals surface area contributed by atoms with Crippen molar-refractivity contribution in [1.29, 1.82) is 0 Å². The van der Waals surface area contributed by atoms with E-state index in [9.17, 15) is 0 Å². The van der Waals surface area contributed by atoms with Crippen LogP contribution >= 0.6 is 0 Å². The smallest absolute Gasteiger partial charge is 0.374 e. The summed E-state index contributed by atoms with van der Waals surface area (Å²) in [6.45, 7) is 22.7. The van der Waals surface area contributed by atoms with Crippen molar-refractivity contribution in [3.63, 3.8) is 0 Å². The molecule has 0 spiro atoms. The van der Waals surface area contributed by atoms with E-state index >= 15 is 0 Å². The number of hydrogen-bond acceptors (Lipinski definition) is 9. The lowest BCUT2D eigenvalue weighted by atomic mass is 9.98. The average molecular weight is 571 g/mol. The van der Waals surface area contributed by atoms with Crippen molar-refractivity contribution < 1.29 is 39.8 Å². The van der Waals surface area contributed by atoms with E-state index in [4.69, 9.17) is 39.8 Å². The summed E-state index contributed by atoms with van der Waals surface area (Å²) in [6, 6.07) is 0. The van der Waals surface area contributed by atoms with Crippen LogP contribution in [0.2, 0.25) is 16.6 Å².